The number of benzene rings is 2. The Balaban J connectivity index is 0.00000208. The van der Waals surface area contributed by atoms with Gasteiger partial charge in [-0.05, 0) is 18.2 Å². The zero-order valence-corrected chi connectivity index (χ0v) is 14.7. The van der Waals surface area contributed by atoms with Gasteiger partial charge in [0, 0.05) is 36.1 Å². The molecule has 1 fully saturated rings. The van der Waals surface area contributed by atoms with E-state index in [1.807, 2.05) is 36.4 Å². The number of amides is 1. The number of hydrogen-bond acceptors (Lipinski definition) is 3. The summed E-state index contributed by atoms with van der Waals surface area (Å²) in [5, 5.41) is 6.82. The molecule has 6 heteroatoms. The Bertz CT molecular complexity index is 690. The highest BCUT2D eigenvalue weighted by Gasteiger charge is 2.19. The fraction of sp³-hybridized carbons (Fsp3) is 0.278. The molecular formula is C18H20Cl2N2O2. The van der Waals surface area contributed by atoms with Crippen molar-refractivity contribution in [1.82, 2.24) is 10.6 Å². The van der Waals surface area contributed by atoms with E-state index < -0.39 is 0 Å². The summed E-state index contributed by atoms with van der Waals surface area (Å²) in [6.07, 6.45) is 0. The van der Waals surface area contributed by atoms with Crippen molar-refractivity contribution < 1.29 is 9.53 Å². The van der Waals surface area contributed by atoms with E-state index in [0.29, 0.717) is 35.4 Å². The van der Waals surface area contributed by atoms with Gasteiger partial charge >= 0.3 is 0 Å². The second-order valence-electron chi connectivity index (χ2n) is 5.61. The SMILES string of the molecule is Cl.O=C(NCC1CNC1)c1ccccc1OCc1ccccc1Cl. The molecule has 0 bridgehead atoms. The summed E-state index contributed by atoms with van der Waals surface area (Å²) in [6.45, 7) is 2.94. The van der Waals surface area contributed by atoms with Crippen LogP contribution in [-0.2, 0) is 6.61 Å². The lowest BCUT2D eigenvalue weighted by Gasteiger charge is -2.27. The van der Waals surface area contributed by atoms with Crippen molar-refractivity contribution in [2.75, 3.05) is 19.6 Å². The minimum Gasteiger partial charge on any atom is -0.488 e. The predicted molar refractivity (Wildman–Crippen MR) is 98.2 cm³/mol. The molecule has 2 aromatic carbocycles. The lowest BCUT2D eigenvalue weighted by atomic mass is 10.0. The molecule has 24 heavy (non-hydrogen) atoms. The van der Waals surface area contributed by atoms with Crippen LogP contribution in [0.3, 0.4) is 0 Å². The van der Waals surface area contributed by atoms with E-state index >= 15 is 0 Å². The van der Waals surface area contributed by atoms with Crippen LogP contribution >= 0.6 is 24.0 Å². The normalized spacial score (nSPS) is 13.5. The Hall–Kier alpha value is -1.75. The Morgan fingerprint density at radius 3 is 2.58 bits per heavy atom. The maximum atomic E-state index is 12.4. The molecule has 1 saturated heterocycles. The van der Waals surface area contributed by atoms with Gasteiger partial charge in [0.05, 0.1) is 5.56 Å². The van der Waals surface area contributed by atoms with E-state index in [1.54, 1.807) is 12.1 Å². The highest BCUT2D eigenvalue weighted by atomic mass is 35.5. The summed E-state index contributed by atoms with van der Waals surface area (Å²) in [6, 6.07) is 14.8. The maximum Gasteiger partial charge on any atom is 0.255 e. The highest BCUT2D eigenvalue weighted by molar-refractivity contribution is 6.31. The fourth-order valence-electron chi connectivity index (χ4n) is 2.38. The first-order valence-electron chi connectivity index (χ1n) is 7.68. The van der Waals surface area contributed by atoms with Gasteiger partial charge in [-0.25, -0.2) is 0 Å². The van der Waals surface area contributed by atoms with E-state index in [4.69, 9.17) is 16.3 Å². The summed E-state index contributed by atoms with van der Waals surface area (Å²) in [5.41, 5.74) is 1.44. The molecule has 128 valence electrons. The number of ether oxygens (including phenoxy) is 1. The zero-order valence-electron chi connectivity index (χ0n) is 13.1. The highest BCUT2D eigenvalue weighted by Crippen LogP contribution is 2.22. The van der Waals surface area contributed by atoms with Gasteiger partial charge in [0.25, 0.3) is 5.91 Å². The number of hydrogen-bond donors (Lipinski definition) is 2. The molecule has 0 spiro atoms. The molecule has 1 aliphatic rings. The molecule has 0 radical (unpaired) electrons. The van der Waals surface area contributed by atoms with E-state index in [9.17, 15) is 4.79 Å². The predicted octanol–water partition coefficient (Wildman–Crippen LogP) is 3.29. The molecule has 2 N–H and O–H groups in total. The number of carbonyl (C=O) groups excluding carboxylic acids is 1. The standard InChI is InChI=1S/C18H19ClN2O2.ClH/c19-16-7-3-1-5-14(16)12-23-17-8-4-2-6-15(17)18(22)21-11-13-9-20-10-13;/h1-8,13,20H,9-12H2,(H,21,22);1H. The molecule has 0 aliphatic carbocycles. The van der Waals surface area contributed by atoms with Gasteiger partial charge in [0.2, 0.25) is 0 Å². The molecule has 0 saturated carbocycles. The van der Waals surface area contributed by atoms with Gasteiger partial charge in [-0.2, -0.15) is 0 Å². The van der Waals surface area contributed by atoms with Crippen LogP contribution in [0.5, 0.6) is 5.75 Å². The van der Waals surface area contributed by atoms with Crippen molar-refractivity contribution in [2.45, 2.75) is 6.61 Å². The van der Waals surface area contributed by atoms with Crippen LogP contribution in [0.4, 0.5) is 0 Å². The van der Waals surface area contributed by atoms with Crippen LogP contribution in [0.2, 0.25) is 5.02 Å². The van der Waals surface area contributed by atoms with Gasteiger partial charge in [-0.3, -0.25) is 4.79 Å². The van der Waals surface area contributed by atoms with E-state index in [-0.39, 0.29) is 18.3 Å². The van der Waals surface area contributed by atoms with Crippen LogP contribution in [0.1, 0.15) is 15.9 Å². The average Bonchev–Trinajstić information content (AvgIpc) is 2.53. The van der Waals surface area contributed by atoms with Crippen LogP contribution in [0, 0.1) is 5.92 Å². The molecule has 3 rings (SSSR count). The quantitative estimate of drug-likeness (QED) is 0.824. The van der Waals surface area contributed by atoms with E-state index in [1.165, 1.54) is 0 Å². The Kier molecular flexibility index (Phi) is 6.91. The smallest absolute Gasteiger partial charge is 0.255 e. The molecule has 1 heterocycles. The topological polar surface area (TPSA) is 50.4 Å². The number of nitrogens with one attached hydrogen (secondary N) is 2. The zero-order chi connectivity index (χ0) is 16.1. The first-order chi connectivity index (χ1) is 11.2. The molecule has 1 aliphatic heterocycles. The summed E-state index contributed by atoms with van der Waals surface area (Å²) in [5.74, 6) is 0.985. The maximum absolute atomic E-state index is 12.4. The Morgan fingerprint density at radius 2 is 1.88 bits per heavy atom. The largest absolute Gasteiger partial charge is 0.488 e. The van der Waals surface area contributed by atoms with Crippen LogP contribution < -0.4 is 15.4 Å². The summed E-state index contributed by atoms with van der Waals surface area (Å²) in [4.78, 5) is 12.4. The fourth-order valence-corrected chi connectivity index (χ4v) is 2.57. The van der Waals surface area contributed by atoms with Gasteiger partial charge < -0.3 is 15.4 Å². The number of rotatable bonds is 6. The van der Waals surface area contributed by atoms with Crippen molar-refractivity contribution in [2.24, 2.45) is 5.92 Å². The first-order valence-corrected chi connectivity index (χ1v) is 8.06. The van der Waals surface area contributed by atoms with Gasteiger partial charge in [0.15, 0.2) is 0 Å². The van der Waals surface area contributed by atoms with Gasteiger partial charge in [0.1, 0.15) is 12.4 Å². The second-order valence-corrected chi connectivity index (χ2v) is 6.02. The van der Waals surface area contributed by atoms with Crippen molar-refractivity contribution in [3.05, 3.63) is 64.7 Å². The summed E-state index contributed by atoms with van der Waals surface area (Å²) < 4.78 is 5.81. The molecule has 0 aromatic heterocycles. The van der Waals surface area contributed by atoms with Crippen LogP contribution in [0.25, 0.3) is 0 Å². The van der Waals surface area contributed by atoms with Gasteiger partial charge in [-0.15, -0.1) is 12.4 Å². The van der Waals surface area contributed by atoms with E-state index in [0.717, 1.165) is 18.7 Å². The third-order valence-corrected chi connectivity index (χ3v) is 4.26. The van der Waals surface area contributed by atoms with Crippen LogP contribution in [-0.4, -0.2) is 25.5 Å². The molecular weight excluding hydrogens is 347 g/mol. The first kappa shape index (κ1) is 18.6. The minimum absolute atomic E-state index is 0. The molecule has 0 unspecified atom stereocenters. The second kappa shape index (κ2) is 8.92. The van der Waals surface area contributed by atoms with Crippen molar-refractivity contribution in [3.8, 4) is 5.75 Å². The lowest BCUT2D eigenvalue weighted by molar-refractivity contribution is 0.0937. The van der Waals surface area contributed by atoms with Crippen molar-refractivity contribution >= 4 is 29.9 Å². The number of para-hydroxylation sites is 1. The Morgan fingerprint density at radius 1 is 1.17 bits per heavy atom. The monoisotopic (exact) mass is 366 g/mol. The average molecular weight is 367 g/mol. The van der Waals surface area contributed by atoms with Crippen molar-refractivity contribution in [3.63, 3.8) is 0 Å². The van der Waals surface area contributed by atoms with Crippen LogP contribution in [0.15, 0.2) is 48.5 Å². The lowest BCUT2D eigenvalue weighted by Crippen LogP contribution is -2.48. The summed E-state index contributed by atoms with van der Waals surface area (Å²) >= 11 is 6.13. The molecule has 4 nitrogen and oxygen atoms in total. The van der Waals surface area contributed by atoms with E-state index in [2.05, 4.69) is 10.6 Å². The molecule has 1 amide bonds. The Labute approximate surface area is 153 Å². The third-order valence-electron chi connectivity index (χ3n) is 3.89. The molecule has 0 atom stereocenters. The summed E-state index contributed by atoms with van der Waals surface area (Å²) in [7, 11) is 0. The van der Waals surface area contributed by atoms with Crippen molar-refractivity contribution in [1.29, 1.82) is 0 Å². The third kappa shape index (κ3) is 4.63. The minimum atomic E-state index is -0.105. The number of halogens is 2. The number of carbonyl (C=O) groups is 1. The molecule has 2 aromatic rings. The van der Waals surface area contributed by atoms with Gasteiger partial charge in [-0.1, -0.05) is 41.9 Å².